The number of hydrogen-bond donors (Lipinski definition) is 1. The number of methoxy groups -OCH3 is 1. The summed E-state index contributed by atoms with van der Waals surface area (Å²) in [5.41, 5.74) is 1.19. The van der Waals surface area contributed by atoms with E-state index in [-0.39, 0.29) is 20.1 Å². The molecule has 0 radical (unpaired) electrons. The van der Waals surface area contributed by atoms with Gasteiger partial charge < -0.3 is 9.64 Å². The molecule has 12 heteroatoms. The summed E-state index contributed by atoms with van der Waals surface area (Å²) in [7, 11) is -2.22. The summed E-state index contributed by atoms with van der Waals surface area (Å²) in [5.74, 6) is 0.257. The predicted molar refractivity (Wildman–Crippen MR) is 123 cm³/mol. The molecule has 1 N–H and O–H groups in total. The van der Waals surface area contributed by atoms with Gasteiger partial charge in [-0.15, -0.1) is 10.2 Å². The minimum atomic E-state index is -3.83. The Morgan fingerprint density at radius 1 is 1.06 bits per heavy atom. The van der Waals surface area contributed by atoms with Gasteiger partial charge in [0.15, 0.2) is 0 Å². The smallest absolute Gasteiger partial charge is 0.272 e. The number of para-hydroxylation sites is 2. The lowest BCUT2D eigenvalue weighted by Crippen LogP contribution is -2.48. The van der Waals surface area contributed by atoms with Crippen molar-refractivity contribution in [1.82, 2.24) is 14.5 Å². The van der Waals surface area contributed by atoms with Crippen molar-refractivity contribution >= 4 is 49.7 Å². The number of nitrogens with zero attached hydrogens (tertiary/aromatic N) is 4. The van der Waals surface area contributed by atoms with Gasteiger partial charge in [-0.3, -0.25) is 10.1 Å². The molecule has 168 valence electrons. The monoisotopic (exact) mass is 493 g/mol. The molecular weight excluding hydrogens is 474 g/mol. The molecule has 1 aromatic heterocycles. The first-order chi connectivity index (χ1) is 15.4. The summed E-state index contributed by atoms with van der Waals surface area (Å²) >= 11 is 6.84. The number of aromatic nitrogens is 2. The van der Waals surface area contributed by atoms with Gasteiger partial charge >= 0.3 is 0 Å². The summed E-state index contributed by atoms with van der Waals surface area (Å²) in [5, 5.41) is 10.5. The fourth-order valence-corrected chi connectivity index (χ4v) is 6.02. The number of anilines is 2. The van der Waals surface area contributed by atoms with E-state index >= 15 is 0 Å². The maximum Gasteiger partial charge on any atom is 0.272 e. The van der Waals surface area contributed by atoms with Gasteiger partial charge in [0.2, 0.25) is 9.47 Å². The van der Waals surface area contributed by atoms with Crippen LogP contribution in [0.5, 0.6) is 5.75 Å². The molecule has 0 saturated carbocycles. The van der Waals surface area contributed by atoms with Crippen LogP contribution in [0, 0.1) is 0 Å². The molecule has 1 aliphatic heterocycles. The van der Waals surface area contributed by atoms with Gasteiger partial charge in [-0.05, 0) is 24.3 Å². The summed E-state index contributed by atoms with van der Waals surface area (Å²) in [4.78, 5) is 14.5. The van der Waals surface area contributed by atoms with Crippen LogP contribution >= 0.6 is 22.9 Å². The topological polar surface area (TPSA) is 105 Å². The summed E-state index contributed by atoms with van der Waals surface area (Å²) in [6.07, 6.45) is 0. The van der Waals surface area contributed by atoms with Crippen LogP contribution in [0.3, 0.4) is 0 Å². The molecular formula is C20H20ClN5O4S2. The van der Waals surface area contributed by atoms with Crippen LogP contribution in [0.15, 0.2) is 52.9 Å². The second-order valence-electron chi connectivity index (χ2n) is 6.87. The van der Waals surface area contributed by atoms with Gasteiger partial charge in [0.1, 0.15) is 5.75 Å². The zero-order valence-electron chi connectivity index (χ0n) is 17.1. The SMILES string of the molecule is COc1ccccc1N1CCN(S(=O)(=O)c2nnc(NC(=O)c3ccccc3Cl)s2)CC1. The number of ether oxygens (including phenoxy) is 1. The van der Waals surface area contributed by atoms with E-state index in [1.165, 1.54) is 4.31 Å². The molecule has 1 aliphatic rings. The van der Waals surface area contributed by atoms with Crippen molar-refractivity contribution < 1.29 is 17.9 Å². The number of sulfonamides is 1. The minimum absolute atomic E-state index is 0.0844. The number of piperazine rings is 1. The highest BCUT2D eigenvalue weighted by molar-refractivity contribution is 7.91. The highest BCUT2D eigenvalue weighted by atomic mass is 35.5. The summed E-state index contributed by atoms with van der Waals surface area (Å²) in [6, 6.07) is 14.2. The molecule has 0 aliphatic carbocycles. The van der Waals surface area contributed by atoms with Crippen LogP contribution in [0.1, 0.15) is 10.4 Å². The molecule has 0 spiro atoms. The summed E-state index contributed by atoms with van der Waals surface area (Å²) in [6.45, 7) is 1.60. The van der Waals surface area contributed by atoms with Crippen LogP contribution in [-0.4, -0.2) is 62.1 Å². The Morgan fingerprint density at radius 3 is 2.47 bits per heavy atom. The minimum Gasteiger partial charge on any atom is -0.495 e. The second-order valence-corrected chi connectivity index (χ2v) is 10.4. The summed E-state index contributed by atoms with van der Waals surface area (Å²) < 4.78 is 32.7. The number of hydrogen-bond acceptors (Lipinski definition) is 8. The van der Waals surface area contributed by atoms with Gasteiger partial charge in [0.05, 0.1) is 23.4 Å². The molecule has 1 amide bonds. The number of nitrogens with one attached hydrogen (secondary N) is 1. The standard InChI is InChI=1S/C20H20ClN5O4S2/c1-30-17-9-5-4-8-16(17)25-10-12-26(13-11-25)32(28,29)20-24-23-19(31-20)22-18(27)14-6-2-3-7-15(14)21/h2-9H,10-13H2,1H3,(H,22,23,27). The Balaban J connectivity index is 1.43. The third-order valence-electron chi connectivity index (χ3n) is 4.97. The largest absolute Gasteiger partial charge is 0.495 e. The zero-order chi connectivity index (χ0) is 22.7. The molecule has 3 aromatic rings. The molecule has 0 atom stereocenters. The first kappa shape index (κ1) is 22.5. The lowest BCUT2D eigenvalue weighted by atomic mass is 10.2. The number of benzene rings is 2. The van der Waals surface area contributed by atoms with Gasteiger partial charge in [-0.25, -0.2) is 8.42 Å². The van der Waals surface area contributed by atoms with E-state index in [0.29, 0.717) is 26.2 Å². The van der Waals surface area contributed by atoms with Crippen molar-refractivity contribution in [3.05, 3.63) is 59.1 Å². The maximum atomic E-state index is 13.0. The molecule has 2 heterocycles. The molecule has 2 aromatic carbocycles. The van der Waals surface area contributed by atoms with Crippen molar-refractivity contribution in [3.63, 3.8) is 0 Å². The zero-order valence-corrected chi connectivity index (χ0v) is 19.5. The normalized spacial score (nSPS) is 14.9. The Labute approximate surface area is 194 Å². The third kappa shape index (κ3) is 4.56. The second kappa shape index (κ2) is 9.41. The molecule has 1 fully saturated rings. The first-order valence-corrected chi connectivity index (χ1v) is 12.3. The Hall–Kier alpha value is -2.73. The third-order valence-corrected chi connectivity index (χ3v) is 8.38. The number of carbonyl (C=O) groups is 1. The molecule has 32 heavy (non-hydrogen) atoms. The number of amides is 1. The molecule has 0 unspecified atom stereocenters. The average Bonchev–Trinajstić information content (AvgIpc) is 3.28. The van der Waals surface area contributed by atoms with E-state index in [1.807, 2.05) is 24.3 Å². The molecule has 4 rings (SSSR count). The van der Waals surface area contributed by atoms with Gasteiger partial charge in [-0.1, -0.05) is 47.2 Å². The van der Waals surface area contributed by atoms with E-state index in [0.717, 1.165) is 22.8 Å². The van der Waals surface area contributed by atoms with Crippen molar-refractivity contribution in [2.75, 3.05) is 43.5 Å². The molecule has 9 nitrogen and oxygen atoms in total. The van der Waals surface area contributed by atoms with Gasteiger partial charge in [-0.2, -0.15) is 4.31 Å². The Kier molecular flexibility index (Phi) is 6.60. The van der Waals surface area contributed by atoms with Crippen LogP contribution < -0.4 is 15.0 Å². The number of halogens is 1. The lowest BCUT2D eigenvalue weighted by molar-refractivity contribution is 0.102. The van der Waals surface area contributed by atoms with E-state index in [2.05, 4.69) is 20.4 Å². The number of carbonyl (C=O) groups excluding carboxylic acids is 1. The van der Waals surface area contributed by atoms with Crippen LogP contribution in [0.25, 0.3) is 0 Å². The van der Waals surface area contributed by atoms with E-state index in [4.69, 9.17) is 16.3 Å². The van der Waals surface area contributed by atoms with E-state index in [9.17, 15) is 13.2 Å². The van der Waals surface area contributed by atoms with Crippen LogP contribution in [-0.2, 0) is 10.0 Å². The van der Waals surface area contributed by atoms with Crippen molar-refractivity contribution in [2.24, 2.45) is 0 Å². The Bertz CT molecular complexity index is 1230. The van der Waals surface area contributed by atoms with Crippen LogP contribution in [0.2, 0.25) is 5.02 Å². The van der Waals surface area contributed by atoms with E-state index < -0.39 is 15.9 Å². The molecule has 1 saturated heterocycles. The van der Waals surface area contributed by atoms with Crippen molar-refractivity contribution in [3.8, 4) is 5.75 Å². The van der Waals surface area contributed by atoms with E-state index in [1.54, 1.807) is 31.4 Å². The van der Waals surface area contributed by atoms with Crippen molar-refractivity contribution in [1.29, 1.82) is 0 Å². The molecule has 0 bridgehead atoms. The maximum absolute atomic E-state index is 13.0. The first-order valence-electron chi connectivity index (χ1n) is 9.67. The quantitative estimate of drug-likeness (QED) is 0.526. The number of rotatable bonds is 6. The van der Waals surface area contributed by atoms with Gasteiger partial charge in [0, 0.05) is 26.2 Å². The Morgan fingerprint density at radius 2 is 1.75 bits per heavy atom. The fourth-order valence-electron chi connectivity index (χ4n) is 3.35. The lowest BCUT2D eigenvalue weighted by Gasteiger charge is -2.35. The fraction of sp³-hybridized carbons (Fsp3) is 0.250. The average molecular weight is 494 g/mol. The highest BCUT2D eigenvalue weighted by Gasteiger charge is 2.32. The highest BCUT2D eigenvalue weighted by Crippen LogP contribution is 2.30. The van der Waals surface area contributed by atoms with Gasteiger partial charge in [0.25, 0.3) is 15.9 Å². The van der Waals surface area contributed by atoms with Crippen LogP contribution in [0.4, 0.5) is 10.8 Å². The predicted octanol–water partition coefficient (Wildman–Crippen LogP) is 2.96. The van der Waals surface area contributed by atoms with Crippen molar-refractivity contribution in [2.45, 2.75) is 4.34 Å².